The first-order valence-electron chi connectivity index (χ1n) is 8.87. The van der Waals surface area contributed by atoms with Crippen molar-refractivity contribution in [3.63, 3.8) is 0 Å². The van der Waals surface area contributed by atoms with E-state index in [1.807, 2.05) is 31.9 Å². The van der Waals surface area contributed by atoms with Crippen LogP contribution in [0.3, 0.4) is 0 Å². The Morgan fingerprint density at radius 2 is 2.25 bits per heavy atom. The lowest BCUT2D eigenvalue weighted by molar-refractivity contribution is 0.0182. The third kappa shape index (κ3) is 2.40. The van der Waals surface area contributed by atoms with Crippen molar-refractivity contribution in [2.75, 3.05) is 13.1 Å². The zero-order valence-corrected chi connectivity index (χ0v) is 15.3. The van der Waals surface area contributed by atoms with Crippen LogP contribution in [0.5, 0.6) is 0 Å². The number of nitrogens with one attached hydrogen (secondary N) is 2. The molecule has 0 radical (unpaired) electrons. The van der Waals surface area contributed by atoms with E-state index in [9.17, 15) is 4.79 Å². The topological polar surface area (TPSA) is 53.6 Å². The quantitative estimate of drug-likeness (QED) is 0.659. The predicted molar refractivity (Wildman–Crippen MR) is 93.7 cm³/mol. The molecule has 5 nitrogen and oxygen atoms in total. The molecule has 0 bridgehead atoms. The van der Waals surface area contributed by atoms with Crippen LogP contribution < -0.4 is 10.6 Å². The Bertz CT molecular complexity index is 624. The summed E-state index contributed by atoms with van der Waals surface area (Å²) in [7, 11) is 0. The number of carbonyl (C=O) groups excluding carboxylic acids is 1. The van der Waals surface area contributed by atoms with Crippen LogP contribution in [0.1, 0.15) is 40.0 Å². The van der Waals surface area contributed by atoms with Gasteiger partial charge in [-0.15, -0.1) is 11.6 Å². The number of hydrogen-bond acceptors (Lipinski definition) is 4. The lowest BCUT2D eigenvalue weighted by Gasteiger charge is -2.30. The summed E-state index contributed by atoms with van der Waals surface area (Å²) in [6.07, 6.45) is 7.00. The largest absolute Gasteiger partial charge is 0.444 e. The van der Waals surface area contributed by atoms with Gasteiger partial charge in [0.25, 0.3) is 0 Å². The van der Waals surface area contributed by atoms with E-state index in [-0.39, 0.29) is 17.0 Å². The summed E-state index contributed by atoms with van der Waals surface area (Å²) in [4.78, 5) is 14.7. The molecule has 6 heteroatoms. The van der Waals surface area contributed by atoms with Crippen LogP contribution in [0.25, 0.3) is 0 Å². The van der Waals surface area contributed by atoms with Crippen LogP contribution in [0.4, 0.5) is 4.79 Å². The summed E-state index contributed by atoms with van der Waals surface area (Å²) in [6, 6.07) is 0.305. The van der Waals surface area contributed by atoms with Crippen LogP contribution in [-0.2, 0) is 4.74 Å². The number of ether oxygens (including phenoxy) is 1. The maximum atomic E-state index is 12.7. The first-order chi connectivity index (χ1) is 11.3. The Morgan fingerprint density at radius 1 is 1.46 bits per heavy atom. The number of likely N-dealkylation sites (tertiary alicyclic amines) is 1. The van der Waals surface area contributed by atoms with Gasteiger partial charge in [-0.25, -0.2) is 4.79 Å². The molecule has 1 aliphatic carbocycles. The maximum Gasteiger partial charge on any atom is 0.410 e. The van der Waals surface area contributed by atoms with Crippen LogP contribution in [0, 0.1) is 5.92 Å². The van der Waals surface area contributed by atoms with Crippen molar-refractivity contribution >= 4 is 17.7 Å². The average molecular weight is 352 g/mol. The summed E-state index contributed by atoms with van der Waals surface area (Å²) in [5.74, 6) is 0.456. The number of amides is 1. The summed E-state index contributed by atoms with van der Waals surface area (Å²) in [5, 5.41) is 6.84. The minimum absolute atomic E-state index is 0.0509. The van der Waals surface area contributed by atoms with E-state index in [1.165, 1.54) is 5.57 Å². The fourth-order valence-corrected chi connectivity index (χ4v) is 4.96. The van der Waals surface area contributed by atoms with E-state index in [4.69, 9.17) is 16.3 Å². The third-order valence-corrected chi connectivity index (χ3v) is 6.03. The molecular weight excluding hydrogens is 326 g/mol. The molecule has 4 atom stereocenters. The Labute approximate surface area is 148 Å². The molecule has 1 saturated heterocycles. The highest BCUT2D eigenvalue weighted by Gasteiger charge is 2.72. The van der Waals surface area contributed by atoms with Crippen molar-refractivity contribution in [2.24, 2.45) is 5.92 Å². The zero-order valence-electron chi connectivity index (χ0n) is 14.6. The van der Waals surface area contributed by atoms with Gasteiger partial charge in [0.2, 0.25) is 0 Å². The van der Waals surface area contributed by atoms with Crippen LogP contribution in [0.15, 0.2) is 23.5 Å². The molecule has 1 saturated carbocycles. The van der Waals surface area contributed by atoms with E-state index in [1.54, 1.807) is 0 Å². The highest BCUT2D eigenvalue weighted by Crippen LogP contribution is 2.60. The number of alkyl halides is 1. The molecule has 1 spiro atoms. The van der Waals surface area contributed by atoms with Gasteiger partial charge in [-0.2, -0.15) is 0 Å². The maximum absolute atomic E-state index is 12.7. The van der Waals surface area contributed by atoms with E-state index >= 15 is 0 Å². The van der Waals surface area contributed by atoms with Gasteiger partial charge in [-0.3, -0.25) is 0 Å². The molecule has 3 aliphatic heterocycles. The summed E-state index contributed by atoms with van der Waals surface area (Å²) in [6.45, 7) is 7.28. The van der Waals surface area contributed by atoms with Crippen LogP contribution >= 0.6 is 11.6 Å². The third-order valence-electron chi connectivity index (χ3n) is 5.66. The lowest BCUT2D eigenvalue weighted by atomic mass is 10.00. The SMILES string of the molecule is CC(C)(C)OC(=O)N1CCC[C@@]12C1CC3=C(NC12)C(Cl)CNC=C3. The molecule has 3 heterocycles. The molecule has 2 fully saturated rings. The van der Waals surface area contributed by atoms with Gasteiger partial charge in [0.05, 0.1) is 17.0 Å². The van der Waals surface area contributed by atoms with E-state index in [2.05, 4.69) is 16.7 Å². The number of fused-ring (bicyclic) bond motifs is 3. The zero-order chi connectivity index (χ0) is 17.1. The Hall–Kier alpha value is -1.36. The first-order valence-corrected chi connectivity index (χ1v) is 9.31. The van der Waals surface area contributed by atoms with Gasteiger partial charge in [0.1, 0.15) is 5.60 Å². The molecule has 0 aromatic carbocycles. The molecular formula is C18H26ClN3O2. The minimum atomic E-state index is -0.459. The molecule has 4 aliphatic rings. The van der Waals surface area contributed by atoms with Crippen molar-refractivity contribution in [1.82, 2.24) is 15.5 Å². The highest BCUT2D eigenvalue weighted by molar-refractivity contribution is 6.22. The smallest absolute Gasteiger partial charge is 0.410 e. The first kappa shape index (κ1) is 16.1. The molecule has 24 heavy (non-hydrogen) atoms. The van der Waals surface area contributed by atoms with Gasteiger partial charge in [-0.1, -0.05) is 0 Å². The summed E-state index contributed by atoms with van der Waals surface area (Å²) >= 11 is 6.53. The van der Waals surface area contributed by atoms with Crippen molar-refractivity contribution in [3.8, 4) is 0 Å². The van der Waals surface area contributed by atoms with Crippen LogP contribution in [0.2, 0.25) is 0 Å². The van der Waals surface area contributed by atoms with Crippen molar-refractivity contribution in [1.29, 1.82) is 0 Å². The fourth-order valence-electron chi connectivity index (χ4n) is 4.66. The van der Waals surface area contributed by atoms with Gasteiger partial charge >= 0.3 is 6.09 Å². The monoisotopic (exact) mass is 351 g/mol. The molecule has 3 unspecified atom stereocenters. The average Bonchev–Trinajstić information content (AvgIpc) is 2.94. The fraction of sp³-hybridized carbons (Fsp3) is 0.722. The second-order valence-electron chi connectivity index (χ2n) is 8.31. The molecule has 1 amide bonds. The van der Waals surface area contributed by atoms with E-state index in [0.717, 1.165) is 38.0 Å². The van der Waals surface area contributed by atoms with Crippen molar-refractivity contribution < 1.29 is 9.53 Å². The summed E-state index contributed by atoms with van der Waals surface area (Å²) in [5.41, 5.74) is 1.85. The van der Waals surface area contributed by atoms with Crippen molar-refractivity contribution in [3.05, 3.63) is 23.5 Å². The van der Waals surface area contributed by atoms with Gasteiger partial charge in [0.15, 0.2) is 0 Å². The molecule has 2 N–H and O–H groups in total. The van der Waals surface area contributed by atoms with Gasteiger partial charge < -0.3 is 20.3 Å². The number of allylic oxidation sites excluding steroid dienone is 2. The minimum Gasteiger partial charge on any atom is -0.444 e. The standard InChI is InChI=1S/C18H26ClN3O2/c1-17(2,3)24-16(23)22-8-4-6-18(22)12-9-11-5-7-20-10-13(19)14(11)21-15(12)18/h5,7,12-13,15,20-21H,4,6,8-10H2,1-3H3/t12?,13?,15?,18-/m0/s1. The second kappa shape index (κ2) is 5.32. The molecule has 0 aromatic heterocycles. The number of nitrogens with zero attached hydrogens (tertiary/aromatic N) is 1. The summed E-state index contributed by atoms with van der Waals surface area (Å²) < 4.78 is 5.66. The van der Waals surface area contributed by atoms with Crippen molar-refractivity contribution in [2.45, 2.75) is 62.6 Å². The molecule has 132 valence electrons. The second-order valence-corrected chi connectivity index (χ2v) is 8.83. The lowest BCUT2D eigenvalue weighted by Crippen LogP contribution is -2.45. The Balaban J connectivity index is 1.55. The normalized spacial score (nSPS) is 37.3. The number of halogens is 1. The highest BCUT2D eigenvalue weighted by atomic mass is 35.5. The van der Waals surface area contributed by atoms with Gasteiger partial charge in [0, 0.05) is 24.7 Å². The predicted octanol–water partition coefficient (Wildman–Crippen LogP) is 2.73. The molecule has 4 rings (SSSR count). The van der Waals surface area contributed by atoms with Gasteiger partial charge in [-0.05, 0) is 57.9 Å². The number of rotatable bonds is 0. The van der Waals surface area contributed by atoms with E-state index < -0.39 is 5.60 Å². The Morgan fingerprint density at radius 3 is 3.00 bits per heavy atom. The number of carbonyl (C=O) groups is 1. The number of hydrogen-bond donors (Lipinski definition) is 2. The molecule has 0 aromatic rings. The van der Waals surface area contributed by atoms with Crippen LogP contribution in [-0.4, -0.2) is 46.6 Å². The Kier molecular flexibility index (Phi) is 3.57. The van der Waals surface area contributed by atoms with E-state index in [0.29, 0.717) is 12.0 Å².